The Kier molecular flexibility index (Phi) is 6.44. The Balaban J connectivity index is 1.83. The van der Waals surface area contributed by atoms with E-state index in [-0.39, 0.29) is 11.9 Å². The zero-order chi connectivity index (χ0) is 15.9. The molecule has 0 unspecified atom stereocenters. The number of likely N-dealkylation sites (N-methyl/N-ethyl adjacent to an activating group) is 1. The van der Waals surface area contributed by atoms with E-state index in [4.69, 9.17) is 0 Å². The fourth-order valence-corrected chi connectivity index (χ4v) is 3.35. The highest BCUT2D eigenvalue weighted by Gasteiger charge is 2.24. The molecule has 0 radical (unpaired) electrons. The van der Waals surface area contributed by atoms with Crippen LogP contribution in [0.1, 0.15) is 63.5 Å². The molecular weight excluding hydrogens is 274 g/mol. The number of aliphatic hydroxyl groups excluding tert-OH is 1. The molecule has 1 aliphatic rings. The van der Waals surface area contributed by atoms with Gasteiger partial charge in [-0.05, 0) is 24.8 Å². The van der Waals surface area contributed by atoms with Crippen molar-refractivity contribution in [2.24, 2.45) is 5.92 Å². The van der Waals surface area contributed by atoms with E-state index in [1.54, 1.807) is 11.9 Å². The molecule has 2 rings (SSSR count). The number of hydrogen-bond acceptors (Lipinski definition) is 2. The first-order valence-electron chi connectivity index (χ1n) is 8.58. The number of amides is 1. The molecule has 0 saturated heterocycles. The first-order valence-corrected chi connectivity index (χ1v) is 8.58. The van der Waals surface area contributed by atoms with E-state index in [1.807, 2.05) is 37.3 Å². The Hall–Kier alpha value is -1.35. The van der Waals surface area contributed by atoms with Crippen molar-refractivity contribution >= 4 is 5.91 Å². The topological polar surface area (TPSA) is 40.5 Å². The summed E-state index contributed by atoms with van der Waals surface area (Å²) in [4.78, 5) is 14.1. The maximum atomic E-state index is 12.4. The molecule has 122 valence electrons. The highest BCUT2D eigenvalue weighted by atomic mass is 16.3. The molecule has 1 fully saturated rings. The second kappa shape index (κ2) is 8.33. The average Bonchev–Trinajstić information content (AvgIpc) is 2.59. The molecule has 1 saturated carbocycles. The van der Waals surface area contributed by atoms with E-state index in [0.29, 0.717) is 6.42 Å². The molecule has 0 bridgehead atoms. The van der Waals surface area contributed by atoms with Gasteiger partial charge in [0.25, 0.3) is 0 Å². The van der Waals surface area contributed by atoms with E-state index in [1.165, 1.54) is 32.1 Å². The summed E-state index contributed by atoms with van der Waals surface area (Å²) in [5, 5.41) is 10.4. The van der Waals surface area contributed by atoms with Gasteiger partial charge >= 0.3 is 0 Å². The smallest absolute Gasteiger partial charge is 0.222 e. The minimum Gasteiger partial charge on any atom is -0.386 e. The van der Waals surface area contributed by atoms with E-state index in [0.717, 1.165) is 17.9 Å². The van der Waals surface area contributed by atoms with Crippen molar-refractivity contribution in [1.82, 2.24) is 4.90 Å². The minimum atomic E-state index is -0.634. The Morgan fingerprint density at radius 2 is 1.86 bits per heavy atom. The summed E-state index contributed by atoms with van der Waals surface area (Å²) in [6.45, 7) is 1.91. The Bertz CT molecular complexity index is 454. The summed E-state index contributed by atoms with van der Waals surface area (Å²) in [5.74, 6) is 0.869. The molecule has 0 heterocycles. The predicted molar refractivity (Wildman–Crippen MR) is 89.4 cm³/mol. The lowest BCUT2D eigenvalue weighted by Crippen LogP contribution is -2.39. The van der Waals surface area contributed by atoms with Gasteiger partial charge in [0.05, 0.1) is 12.1 Å². The Morgan fingerprint density at radius 3 is 2.50 bits per heavy atom. The molecule has 1 amide bonds. The van der Waals surface area contributed by atoms with Crippen molar-refractivity contribution < 1.29 is 9.90 Å². The Morgan fingerprint density at radius 1 is 1.23 bits per heavy atom. The minimum absolute atomic E-state index is 0.146. The molecular formula is C19H29NO2. The van der Waals surface area contributed by atoms with Crippen LogP contribution in [0.4, 0.5) is 0 Å². The van der Waals surface area contributed by atoms with Crippen molar-refractivity contribution in [2.75, 3.05) is 7.05 Å². The number of carbonyl (C=O) groups excluding carboxylic acids is 1. The van der Waals surface area contributed by atoms with Gasteiger partial charge in [0.15, 0.2) is 0 Å². The zero-order valence-electron chi connectivity index (χ0n) is 13.9. The van der Waals surface area contributed by atoms with Crippen molar-refractivity contribution in [2.45, 2.75) is 64.0 Å². The fourth-order valence-electron chi connectivity index (χ4n) is 3.35. The fraction of sp³-hybridized carbons (Fsp3) is 0.632. The molecule has 0 aromatic heterocycles. The number of aliphatic hydroxyl groups is 1. The lowest BCUT2D eigenvalue weighted by Gasteiger charge is -2.30. The highest BCUT2D eigenvalue weighted by molar-refractivity contribution is 5.76. The molecule has 1 aliphatic carbocycles. The van der Waals surface area contributed by atoms with Crippen LogP contribution in [0.15, 0.2) is 30.3 Å². The van der Waals surface area contributed by atoms with Crippen LogP contribution in [0.5, 0.6) is 0 Å². The van der Waals surface area contributed by atoms with Crippen LogP contribution in [0.25, 0.3) is 0 Å². The summed E-state index contributed by atoms with van der Waals surface area (Å²) >= 11 is 0. The summed E-state index contributed by atoms with van der Waals surface area (Å²) in [6, 6.07) is 9.36. The van der Waals surface area contributed by atoms with Gasteiger partial charge < -0.3 is 10.0 Å². The van der Waals surface area contributed by atoms with Crippen LogP contribution in [-0.4, -0.2) is 29.0 Å². The number of benzene rings is 1. The quantitative estimate of drug-likeness (QED) is 0.865. The van der Waals surface area contributed by atoms with Gasteiger partial charge in [0.2, 0.25) is 5.91 Å². The van der Waals surface area contributed by atoms with Crippen LogP contribution in [0.2, 0.25) is 0 Å². The Labute approximate surface area is 134 Å². The summed E-state index contributed by atoms with van der Waals surface area (Å²) in [5.41, 5.74) is 0.863. The van der Waals surface area contributed by atoms with Gasteiger partial charge in [-0.15, -0.1) is 0 Å². The largest absolute Gasteiger partial charge is 0.386 e. The zero-order valence-corrected chi connectivity index (χ0v) is 13.9. The molecule has 22 heavy (non-hydrogen) atoms. The molecule has 0 aliphatic heterocycles. The SMILES string of the molecule is C[C@H]([C@H](O)c1ccccc1)N(C)C(=O)CCC1CCCCC1. The standard InChI is InChI=1S/C19H29NO2/c1-15(19(22)17-11-7-4-8-12-17)20(2)18(21)14-13-16-9-5-3-6-10-16/h4,7-8,11-12,15-16,19,22H,3,5-6,9-10,13-14H2,1-2H3/t15-,19+/m1/s1. The third-order valence-corrected chi connectivity index (χ3v) is 5.09. The normalized spacial score (nSPS) is 18.7. The molecule has 2 atom stereocenters. The molecule has 1 aromatic carbocycles. The lowest BCUT2D eigenvalue weighted by atomic mass is 9.86. The van der Waals surface area contributed by atoms with Gasteiger partial charge in [-0.1, -0.05) is 62.4 Å². The molecule has 3 heteroatoms. The van der Waals surface area contributed by atoms with Gasteiger partial charge in [0, 0.05) is 13.5 Å². The summed E-state index contributed by atoms with van der Waals surface area (Å²) in [6.07, 6.45) is 7.51. The second-order valence-corrected chi connectivity index (χ2v) is 6.64. The summed E-state index contributed by atoms with van der Waals surface area (Å²) < 4.78 is 0. The van der Waals surface area contributed by atoms with Crippen LogP contribution < -0.4 is 0 Å². The number of carbonyl (C=O) groups is 1. The van der Waals surface area contributed by atoms with Crippen LogP contribution in [-0.2, 0) is 4.79 Å². The van der Waals surface area contributed by atoms with Gasteiger partial charge in [-0.25, -0.2) is 0 Å². The van der Waals surface area contributed by atoms with Gasteiger partial charge in [0.1, 0.15) is 0 Å². The van der Waals surface area contributed by atoms with Crippen molar-refractivity contribution in [3.8, 4) is 0 Å². The molecule has 0 spiro atoms. The third-order valence-electron chi connectivity index (χ3n) is 5.09. The van der Waals surface area contributed by atoms with Crippen LogP contribution >= 0.6 is 0 Å². The van der Waals surface area contributed by atoms with Crippen LogP contribution in [0, 0.1) is 5.92 Å². The average molecular weight is 303 g/mol. The van der Waals surface area contributed by atoms with Gasteiger partial charge in [-0.2, -0.15) is 0 Å². The maximum absolute atomic E-state index is 12.4. The monoisotopic (exact) mass is 303 g/mol. The van der Waals surface area contributed by atoms with E-state index in [2.05, 4.69) is 0 Å². The van der Waals surface area contributed by atoms with Gasteiger partial charge in [-0.3, -0.25) is 4.79 Å². The third kappa shape index (κ3) is 4.57. The lowest BCUT2D eigenvalue weighted by molar-refractivity contribution is -0.134. The van der Waals surface area contributed by atoms with E-state index < -0.39 is 6.10 Å². The van der Waals surface area contributed by atoms with Crippen LogP contribution in [0.3, 0.4) is 0 Å². The molecule has 1 N–H and O–H groups in total. The van der Waals surface area contributed by atoms with Crippen molar-refractivity contribution in [3.05, 3.63) is 35.9 Å². The molecule has 1 aromatic rings. The first-order chi connectivity index (χ1) is 10.6. The highest BCUT2D eigenvalue weighted by Crippen LogP contribution is 2.28. The number of hydrogen-bond donors (Lipinski definition) is 1. The van der Waals surface area contributed by atoms with E-state index >= 15 is 0 Å². The van der Waals surface area contributed by atoms with E-state index in [9.17, 15) is 9.90 Å². The first kappa shape index (κ1) is 17.0. The maximum Gasteiger partial charge on any atom is 0.222 e. The number of nitrogens with zero attached hydrogens (tertiary/aromatic N) is 1. The predicted octanol–water partition coefficient (Wildman–Crippen LogP) is 3.93. The number of rotatable bonds is 6. The molecule has 3 nitrogen and oxygen atoms in total. The van der Waals surface area contributed by atoms with Crippen molar-refractivity contribution in [3.63, 3.8) is 0 Å². The second-order valence-electron chi connectivity index (χ2n) is 6.64. The van der Waals surface area contributed by atoms with Crippen molar-refractivity contribution in [1.29, 1.82) is 0 Å². The summed E-state index contributed by atoms with van der Waals surface area (Å²) in [7, 11) is 1.81.